The number of halogens is 1. The van der Waals surface area contributed by atoms with Crippen LogP contribution in [-0.4, -0.2) is 52.5 Å². The molecule has 90 valence electrons. The second-order valence-corrected chi connectivity index (χ2v) is 4.56. The Morgan fingerprint density at radius 3 is 3.19 bits per heavy atom. The monoisotopic (exact) mass is 262 g/mol. The second kappa shape index (κ2) is 5.77. The Labute approximate surface area is 104 Å². The predicted octanol–water partition coefficient (Wildman–Crippen LogP) is 1.32. The zero-order valence-corrected chi connectivity index (χ0v) is 10.7. The van der Waals surface area contributed by atoms with Crippen LogP contribution >= 0.6 is 23.3 Å². The van der Waals surface area contributed by atoms with Crippen molar-refractivity contribution >= 4 is 29.1 Å². The smallest absolute Gasteiger partial charge is 0.186 e. The number of anilines is 1. The summed E-state index contributed by atoms with van der Waals surface area (Å²) < 4.78 is 13.6. The SMILES string of the molecule is CCN1CCOC(CNc2nsnc2Cl)C1. The summed E-state index contributed by atoms with van der Waals surface area (Å²) in [6.45, 7) is 6.73. The lowest BCUT2D eigenvalue weighted by Gasteiger charge is -2.32. The van der Waals surface area contributed by atoms with Crippen molar-refractivity contribution in [3.63, 3.8) is 0 Å². The van der Waals surface area contributed by atoms with Crippen molar-refractivity contribution in [2.75, 3.05) is 38.1 Å². The summed E-state index contributed by atoms with van der Waals surface area (Å²) in [5.74, 6) is 0.656. The molecule has 1 unspecified atom stereocenters. The van der Waals surface area contributed by atoms with Crippen LogP contribution in [-0.2, 0) is 4.74 Å². The first-order valence-electron chi connectivity index (χ1n) is 5.35. The van der Waals surface area contributed by atoms with Crippen LogP contribution in [0.4, 0.5) is 5.82 Å². The zero-order chi connectivity index (χ0) is 11.4. The molecule has 0 aromatic carbocycles. The average molecular weight is 263 g/mol. The number of morpholine rings is 1. The topological polar surface area (TPSA) is 50.3 Å². The fourth-order valence-electron chi connectivity index (χ4n) is 1.68. The van der Waals surface area contributed by atoms with Crippen molar-refractivity contribution in [2.24, 2.45) is 0 Å². The lowest BCUT2D eigenvalue weighted by molar-refractivity contribution is -0.0192. The highest BCUT2D eigenvalue weighted by Crippen LogP contribution is 2.18. The van der Waals surface area contributed by atoms with Crippen molar-refractivity contribution in [1.82, 2.24) is 13.6 Å². The number of rotatable bonds is 4. The number of aromatic nitrogens is 2. The van der Waals surface area contributed by atoms with E-state index in [1.807, 2.05) is 0 Å². The lowest BCUT2D eigenvalue weighted by atomic mass is 10.2. The van der Waals surface area contributed by atoms with E-state index < -0.39 is 0 Å². The molecule has 0 aliphatic carbocycles. The molecule has 1 aliphatic rings. The summed E-state index contributed by atoms with van der Waals surface area (Å²) in [7, 11) is 0. The molecule has 1 atom stereocenters. The van der Waals surface area contributed by atoms with Crippen LogP contribution in [0.3, 0.4) is 0 Å². The van der Waals surface area contributed by atoms with Crippen molar-refractivity contribution < 1.29 is 4.74 Å². The van der Waals surface area contributed by atoms with Gasteiger partial charge in [0.05, 0.1) is 24.4 Å². The van der Waals surface area contributed by atoms with Crippen LogP contribution in [0.15, 0.2) is 0 Å². The second-order valence-electron chi connectivity index (χ2n) is 3.67. The van der Waals surface area contributed by atoms with Crippen LogP contribution in [0.1, 0.15) is 6.92 Å². The molecule has 0 spiro atoms. The Balaban J connectivity index is 1.79. The van der Waals surface area contributed by atoms with Crippen molar-refractivity contribution in [1.29, 1.82) is 0 Å². The Kier molecular flexibility index (Phi) is 4.34. The van der Waals surface area contributed by atoms with Gasteiger partial charge >= 0.3 is 0 Å². The molecule has 2 rings (SSSR count). The first kappa shape index (κ1) is 12.0. The van der Waals surface area contributed by atoms with E-state index in [0.717, 1.165) is 44.5 Å². The maximum atomic E-state index is 5.84. The maximum Gasteiger partial charge on any atom is 0.186 e. The molecule has 1 N–H and O–H groups in total. The summed E-state index contributed by atoms with van der Waals surface area (Å²) in [4.78, 5) is 2.37. The van der Waals surface area contributed by atoms with Gasteiger partial charge in [-0.05, 0) is 6.54 Å². The third kappa shape index (κ3) is 3.04. The summed E-state index contributed by atoms with van der Waals surface area (Å²) in [6, 6.07) is 0. The van der Waals surface area contributed by atoms with Gasteiger partial charge in [0.15, 0.2) is 11.0 Å². The quantitative estimate of drug-likeness (QED) is 0.887. The van der Waals surface area contributed by atoms with E-state index >= 15 is 0 Å². The number of nitrogens with zero attached hydrogens (tertiary/aromatic N) is 3. The number of nitrogens with one attached hydrogen (secondary N) is 1. The van der Waals surface area contributed by atoms with E-state index in [-0.39, 0.29) is 6.10 Å². The molecule has 1 saturated heterocycles. The largest absolute Gasteiger partial charge is 0.374 e. The average Bonchev–Trinajstić information content (AvgIpc) is 2.72. The van der Waals surface area contributed by atoms with Gasteiger partial charge in [-0.1, -0.05) is 18.5 Å². The van der Waals surface area contributed by atoms with Gasteiger partial charge in [-0.25, -0.2) is 0 Å². The molecular formula is C9H15ClN4OS. The minimum atomic E-state index is 0.200. The van der Waals surface area contributed by atoms with Crippen LogP contribution in [0, 0.1) is 0 Å². The standard InChI is InChI=1S/C9H15ClN4OS/c1-2-14-3-4-15-7(6-14)5-11-9-8(10)12-16-13-9/h7H,2-6H2,1H3,(H,11,13). The van der Waals surface area contributed by atoms with Crippen molar-refractivity contribution in [2.45, 2.75) is 13.0 Å². The first-order valence-corrected chi connectivity index (χ1v) is 6.46. The van der Waals surface area contributed by atoms with E-state index in [0.29, 0.717) is 11.0 Å². The molecule has 2 heterocycles. The third-order valence-electron chi connectivity index (χ3n) is 2.62. The number of hydrogen-bond donors (Lipinski definition) is 1. The molecule has 0 bridgehead atoms. The molecule has 5 nitrogen and oxygen atoms in total. The van der Waals surface area contributed by atoms with E-state index in [4.69, 9.17) is 16.3 Å². The minimum Gasteiger partial charge on any atom is -0.374 e. The van der Waals surface area contributed by atoms with Crippen LogP contribution in [0.25, 0.3) is 0 Å². The molecule has 0 amide bonds. The molecule has 0 saturated carbocycles. The molecule has 1 aromatic rings. The van der Waals surface area contributed by atoms with E-state index in [9.17, 15) is 0 Å². The van der Waals surface area contributed by atoms with E-state index in [2.05, 4.69) is 25.9 Å². The van der Waals surface area contributed by atoms with Gasteiger partial charge in [-0.3, -0.25) is 4.90 Å². The Morgan fingerprint density at radius 2 is 2.50 bits per heavy atom. The Hall–Kier alpha value is -0.430. The highest BCUT2D eigenvalue weighted by atomic mass is 35.5. The summed E-state index contributed by atoms with van der Waals surface area (Å²) in [6.07, 6.45) is 0.200. The maximum absolute atomic E-state index is 5.84. The van der Waals surface area contributed by atoms with Gasteiger partial charge in [-0.2, -0.15) is 8.75 Å². The highest BCUT2D eigenvalue weighted by Gasteiger charge is 2.19. The van der Waals surface area contributed by atoms with Crippen LogP contribution < -0.4 is 5.32 Å². The van der Waals surface area contributed by atoms with Gasteiger partial charge < -0.3 is 10.1 Å². The molecular weight excluding hydrogens is 248 g/mol. The summed E-state index contributed by atoms with van der Waals surface area (Å²) >= 11 is 6.95. The molecule has 1 aliphatic heterocycles. The number of likely N-dealkylation sites (N-methyl/N-ethyl adjacent to an activating group) is 1. The van der Waals surface area contributed by atoms with E-state index in [1.165, 1.54) is 0 Å². The summed E-state index contributed by atoms with van der Waals surface area (Å²) in [5, 5.41) is 3.60. The van der Waals surface area contributed by atoms with Gasteiger partial charge in [0.1, 0.15) is 0 Å². The van der Waals surface area contributed by atoms with Gasteiger partial charge in [0.25, 0.3) is 0 Å². The van der Waals surface area contributed by atoms with Crippen molar-refractivity contribution in [3.8, 4) is 0 Å². The molecule has 7 heteroatoms. The van der Waals surface area contributed by atoms with Gasteiger partial charge in [0, 0.05) is 19.6 Å². The minimum absolute atomic E-state index is 0.200. The molecule has 1 fully saturated rings. The normalized spacial score (nSPS) is 22.2. The van der Waals surface area contributed by atoms with E-state index in [1.54, 1.807) is 0 Å². The van der Waals surface area contributed by atoms with Gasteiger partial charge in [-0.15, -0.1) is 0 Å². The zero-order valence-electron chi connectivity index (χ0n) is 9.15. The fraction of sp³-hybridized carbons (Fsp3) is 0.778. The lowest BCUT2D eigenvalue weighted by Crippen LogP contribution is -2.45. The molecule has 16 heavy (non-hydrogen) atoms. The molecule has 1 aromatic heterocycles. The number of hydrogen-bond acceptors (Lipinski definition) is 6. The fourth-order valence-corrected chi connectivity index (χ4v) is 2.37. The van der Waals surface area contributed by atoms with Gasteiger partial charge in [0.2, 0.25) is 0 Å². The first-order chi connectivity index (χ1) is 7.79. The third-order valence-corrected chi connectivity index (χ3v) is 3.51. The predicted molar refractivity (Wildman–Crippen MR) is 65.3 cm³/mol. The molecule has 0 radical (unpaired) electrons. The summed E-state index contributed by atoms with van der Waals surface area (Å²) in [5.41, 5.74) is 0. The van der Waals surface area contributed by atoms with Crippen LogP contribution in [0.5, 0.6) is 0 Å². The van der Waals surface area contributed by atoms with Crippen molar-refractivity contribution in [3.05, 3.63) is 5.15 Å². The Bertz CT molecular complexity index is 335. The highest BCUT2D eigenvalue weighted by molar-refractivity contribution is 6.99. The van der Waals surface area contributed by atoms with Crippen LogP contribution in [0.2, 0.25) is 5.15 Å². The number of ether oxygens (including phenoxy) is 1. The Morgan fingerprint density at radius 1 is 1.62 bits per heavy atom.